The van der Waals surface area contributed by atoms with E-state index >= 15 is 0 Å². The SMILES string of the molecule is Cc1ccc(C(=O)NC2CC(C#N)C2)nc1C. The van der Waals surface area contributed by atoms with E-state index in [-0.39, 0.29) is 17.9 Å². The molecule has 17 heavy (non-hydrogen) atoms. The first-order chi connectivity index (χ1) is 8.10. The molecule has 2 rings (SSSR count). The smallest absolute Gasteiger partial charge is 0.270 e. The molecule has 1 heterocycles. The van der Waals surface area contributed by atoms with E-state index in [2.05, 4.69) is 16.4 Å². The van der Waals surface area contributed by atoms with Crippen molar-refractivity contribution < 1.29 is 4.79 Å². The molecule has 0 bridgehead atoms. The van der Waals surface area contributed by atoms with Gasteiger partial charge in [0.2, 0.25) is 0 Å². The van der Waals surface area contributed by atoms with Crippen molar-refractivity contribution in [2.45, 2.75) is 32.7 Å². The standard InChI is InChI=1S/C13H15N3O/c1-8-3-4-12(15-9(8)2)13(17)16-11-5-10(6-11)7-14/h3-4,10-11H,5-6H2,1-2H3,(H,16,17). The lowest BCUT2D eigenvalue weighted by molar-refractivity contribution is 0.0899. The fourth-order valence-corrected chi connectivity index (χ4v) is 1.86. The number of carbonyl (C=O) groups is 1. The van der Waals surface area contributed by atoms with Crippen LogP contribution in [0, 0.1) is 31.1 Å². The van der Waals surface area contributed by atoms with Gasteiger partial charge in [0.1, 0.15) is 5.69 Å². The normalized spacial score (nSPS) is 22.4. The zero-order valence-electron chi connectivity index (χ0n) is 10.0. The molecule has 1 aliphatic carbocycles. The Balaban J connectivity index is 1.97. The maximum atomic E-state index is 11.8. The van der Waals surface area contributed by atoms with Gasteiger partial charge in [-0.2, -0.15) is 5.26 Å². The van der Waals surface area contributed by atoms with Crippen LogP contribution in [0.1, 0.15) is 34.6 Å². The first-order valence-electron chi connectivity index (χ1n) is 5.75. The van der Waals surface area contributed by atoms with Gasteiger partial charge in [-0.1, -0.05) is 6.07 Å². The van der Waals surface area contributed by atoms with Gasteiger partial charge in [0.05, 0.1) is 12.0 Å². The zero-order valence-corrected chi connectivity index (χ0v) is 10.0. The van der Waals surface area contributed by atoms with Gasteiger partial charge >= 0.3 is 0 Å². The lowest BCUT2D eigenvalue weighted by atomic mass is 9.81. The number of pyridine rings is 1. The number of rotatable bonds is 2. The average Bonchev–Trinajstić information content (AvgIpc) is 2.26. The number of hydrogen-bond acceptors (Lipinski definition) is 3. The van der Waals surface area contributed by atoms with Crippen molar-refractivity contribution in [3.05, 3.63) is 29.1 Å². The summed E-state index contributed by atoms with van der Waals surface area (Å²) in [4.78, 5) is 16.1. The van der Waals surface area contributed by atoms with Crippen molar-refractivity contribution in [3.63, 3.8) is 0 Å². The molecule has 4 nitrogen and oxygen atoms in total. The zero-order chi connectivity index (χ0) is 12.4. The van der Waals surface area contributed by atoms with Crippen LogP contribution in [0.4, 0.5) is 0 Å². The molecule has 0 radical (unpaired) electrons. The molecule has 0 spiro atoms. The molecule has 1 aliphatic rings. The summed E-state index contributed by atoms with van der Waals surface area (Å²) in [5, 5.41) is 11.5. The summed E-state index contributed by atoms with van der Waals surface area (Å²) in [5.41, 5.74) is 2.41. The lowest BCUT2D eigenvalue weighted by Crippen LogP contribution is -2.44. The van der Waals surface area contributed by atoms with Gasteiger partial charge in [0.15, 0.2) is 0 Å². The molecular weight excluding hydrogens is 214 g/mol. The minimum Gasteiger partial charge on any atom is -0.348 e. The van der Waals surface area contributed by atoms with E-state index in [1.807, 2.05) is 19.9 Å². The number of carbonyl (C=O) groups excluding carboxylic acids is 1. The van der Waals surface area contributed by atoms with Crippen LogP contribution in [-0.2, 0) is 0 Å². The molecule has 88 valence electrons. The third-order valence-electron chi connectivity index (χ3n) is 3.24. The molecule has 1 aromatic heterocycles. The molecular formula is C13H15N3O. The van der Waals surface area contributed by atoms with Crippen molar-refractivity contribution in [3.8, 4) is 6.07 Å². The monoisotopic (exact) mass is 229 g/mol. The minimum atomic E-state index is -0.144. The van der Waals surface area contributed by atoms with E-state index in [4.69, 9.17) is 5.26 Å². The summed E-state index contributed by atoms with van der Waals surface area (Å²) >= 11 is 0. The first kappa shape index (κ1) is 11.6. The Morgan fingerprint density at radius 1 is 1.47 bits per heavy atom. The molecule has 0 atom stereocenters. The number of amides is 1. The van der Waals surface area contributed by atoms with Crippen LogP contribution in [0.25, 0.3) is 0 Å². The van der Waals surface area contributed by atoms with Crippen molar-refractivity contribution in [2.24, 2.45) is 5.92 Å². The summed E-state index contributed by atoms with van der Waals surface area (Å²) < 4.78 is 0. The third-order valence-corrected chi connectivity index (χ3v) is 3.24. The highest BCUT2D eigenvalue weighted by atomic mass is 16.1. The van der Waals surface area contributed by atoms with Crippen molar-refractivity contribution in [1.29, 1.82) is 5.26 Å². The maximum Gasteiger partial charge on any atom is 0.270 e. The van der Waals surface area contributed by atoms with Gasteiger partial charge in [-0.3, -0.25) is 4.79 Å². The largest absolute Gasteiger partial charge is 0.348 e. The predicted octanol–water partition coefficient (Wildman–Crippen LogP) is 1.73. The Labute approximate surface area is 101 Å². The van der Waals surface area contributed by atoms with Crippen LogP contribution < -0.4 is 5.32 Å². The molecule has 1 aromatic rings. The second kappa shape index (κ2) is 4.54. The number of nitrogens with zero attached hydrogens (tertiary/aromatic N) is 2. The average molecular weight is 229 g/mol. The Morgan fingerprint density at radius 2 is 2.18 bits per heavy atom. The molecule has 0 aliphatic heterocycles. The van der Waals surface area contributed by atoms with Crippen LogP contribution in [-0.4, -0.2) is 16.9 Å². The number of aryl methyl sites for hydroxylation is 2. The van der Waals surface area contributed by atoms with Gasteiger partial charge in [0, 0.05) is 11.7 Å². The number of nitriles is 1. The van der Waals surface area contributed by atoms with Crippen LogP contribution in [0.5, 0.6) is 0 Å². The molecule has 1 saturated carbocycles. The highest BCUT2D eigenvalue weighted by Crippen LogP contribution is 2.26. The Morgan fingerprint density at radius 3 is 2.76 bits per heavy atom. The van der Waals surface area contributed by atoms with E-state index < -0.39 is 0 Å². The quantitative estimate of drug-likeness (QED) is 0.839. The summed E-state index contributed by atoms with van der Waals surface area (Å²) in [6.45, 7) is 3.86. The molecule has 4 heteroatoms. The molecule has 0 saturated heterocycles. The van der Waals surface area contributed by atoms with E-state index in [0.717, 1.165) is 24.1 Å². The van der Waals surface area contributed by atoms with Crippen LogP contribution >= 0.6 is 0 Å². The number of aromatic nitrogens is 1. The molecule has 1 fully saturated rings. The first-order valence-corrected chi connectivity index (χ1v) is 5.75. The van der Waals surface area contributed by atoms with Crippen molar-refractivity contribution in [2.75, 3.05) is 0 Å². The second-order valence-electron chi connectivity index (χ2n) is 4.57. The van der Waals surface area contributed by atoms with Gasteiger partial charge < -0.3 is 5.32 Å². The molecule has 0 unspecified atom stereocenters. The van der Waals surface area contributed by atoms with Crippen LogP contribution in [0.15, 0.2) is 12.1 Å². The highest BCUT2D eigenvalue weighted by Gasteiger charge is 2.30. The summed E-state index contributed by atoms with van der Waals surface area (Å²) in [7, 11) is 0. The maximum absolute atomic E-state index is 11.8. The molecule has 1 N–H and O–H groups in total. The van der Waals surface area contributed by atoms with Gasteiger partial charge in [-0.25, -0.2) is 4.98 Å². The molecule has 0 aromatic carbocycles. The van der Waals surface area contributed by atoms with E-state index in [1.54, 1.807) is 6.07 Å². The van der Waals surface area contributed by atoms with Gasteiger partial charge in [-0.15, -0.1) is 0 Å². The second-order valence-corrected chi connectivity index (χ2v) is 4.57. The van der Waals surface area contributed by atoms with Gasteiger partial charge in [0.25, 0.3) is 5.91 Å². The van der Waals surface area contributed by atoms with E-state index in [9.17, 15) is 4.79 Å². The van der Waals surface area contributed by atoms with Crippen molar-refractivity contribution >= 4 is 5.91 Å². The minimum absolute atomic E-state index is 0.105. The van der Waals surface area contributed by atoms with E-state index in [1.165, 1.54) is 0 Å². The number of hydrogen-bond donors (Lipinski definition) is 1. The lowest BCUT2D eigenvalue weighted by Gasteiger charge is -2.31. The Kier molecular flexibility index (Phi) is 3.10. The van der Waals surface area contributed by atoms with Crippen LogP contribution in [0.2, 0.25) is 0 Å². The Hall–Kier alpha value is -1.89. The molecule has 1 amide bonds. The summed E-state index contributed by atoms with van der Waals surface area (Å²) in [6.07, 6.45) is 1.51. The van der Waals surface area contributed by atoms with Crippen LogP contribution in [0.3, 0.4) is 0 Å². The fourth-order valence-electron chi connectivity index (χ4n) is 1.86. The predicted molar refractivity (Wildman–Crippen MR) is 63.3 cm³/mol. The summed E-state index contributed by atoms with van der Waals surface area (Å²) in [5.74, 6) is -0.0393. The van der Waals surface area contributed by atoms with Gasteiger partial charge in [-0.05, 0) is 38.3 Å². The van der Waals surface area contributed by atoms with E-state index in [0.29, 0.717) is 5.69 Å². The van der Waals surface area contributed by atoms with Crippen molar-refractivity contribution in [1.82, 2.24) is 10.3 Å². The summed E-state index contributed by atoms with van der Waals surface area (Å²) in [6, 6.07) is 5.96. The topological polar surface area (TPSA) is 65.8 Å². The highest BCUT2D eigenvalue weighted by molar-refractivity contribution is 5.92. The Bertz CT molecular complexity index is 484. The number of nitrogens with one attached hydrogen (secondary N) is 1. The fraction of sp³-hybridized carbons (Fsp3) is 0.462. The third kappa shape index (κ3) is 2.44.